The van der Waals surface area contributed by atoms with Crippen LogP contribution in [-0.2, 0) is 18.9 Å². The van der Waals surface area contributed by atoms with E-state index >= 15 is 0 Å². The summed E-state index contributed by atoms with van der Waals surface area (Å²) in [7, 11) is 0. The number of aliphatic hydroxyl groups is 5. The summed E-state index contributed by atoms with van der Waals surface area (Å²) in [4.78, 5) is 0. The Hall–Kier alpha value is -0.620. The number of ether oxygens (including phenoxy) is 4. The third kappa shape index (κ3) is 1.73. The molecule has 4 saturated heterocycles. The van der Waals surface area contributed by atoms with Gasteiger partial charge in [0.2, 0.25) is 0 Å². The summed E-state index contributed by atoms with van der Waals surface area (Å²) in [5, 5.41) is 53.2. The SMILES string of the molecule is C=C(C)[C@@H]1CC2OC(O)C34OC5O[C@H](O)[C@H](O)C51C23CC(CO)OC(O)[C@H]4C. The predicted molar refractivity (Wildman–Crippen MR) is 91.1 cm³/mol. The summed E-state index contributed by atoms with van der Waals surface area (Å²) < 4.78 is 23.6. The summed E-state index contributed by atoms with van der Waals surface area (Å²) >= 11 is 0. The third-order valence-corrected chi connectivity index (χ3v) is 8.20. The van der Waals surface area contributed by atoms with Crippen molar-refractivity contribution in [1.82, 2.24) is 0 Å². The van der Waals surface area contributed by atoms with Crippen LogP contribution in [0.2, 0.25) is 0 Å². The van der Waals surface area contributed by atoms with Crippen LogP contribution in [-0.4, -0.2) is 81.2 Å². The van der Waals surface area contributed by atoms with Crippen molar-refractivity contribution in [2.45, 2.75) is 75.8 Å². The molecule has 0 aromatic rings. The first kappa shape index (κ1) is 19.3. The fourth-order valence-corrected chi connectivity index (χ4v) is 7.29. The van der Waals surface area contributed by atoms with Crippen LogP contribution in [0.4, 0.5) is 0 Å². The molecule has 158 valence electrons. The fourth-order valence-electron chi connectivity index (χ4n) is 7.29. The molecule has 0 aromatic carbocycles. The molecule has 4 heterocycles. The maximum absolute atomic E-state index is 11.2. The molecule has 9 heteroatoms. The molecule has 0 aromatic heterocycles. The van der Waals surface area contributed by atoms with Crippen LogP contribution in [0.15, 0.2) is 12.2 Å². The van der Waals surface area contributed by atoms with Gasteiger partial charge in [0, 0.05) is 11.3 Å². The summed E-state index contributed by atoms with van der Waals surface area (Å²) in [5.41, 5.74) is -2.87. The summed E-state index contributed by atoms with van der Waals surface area (Å²) in [5.74, 6) is -1.06. The minimum absolute atomic E-state index is 0.167. The second-order valence-electron chi connectivity index (χ2n) is 9.05. The van der Waals surface area contributed by atoms with Gasteiger partial charge in [-0.3, -0.25) is 0 Å². The molecule has 12 atom stereocenters. The zero-order valence-electron chi connectivity index (χ0n) is 15.9. The van der Waals surface area contributed by atoms with Crippen LogP contribution in [0.1, 0.15) is 26.7 Å². The van der Waals surface area contributed by atoms with Crippen molar-refractivity contribution in [2.24, 2.45) is 22.7 Å². The molecule has 5 fully saturated rings. The van der Waals surface area contributed by atoms with Crippen LogP contribution in [0, 0.1) is 22.7 Å². The molecule has 4 aliphatic heterocycles. The van der Waals surface area contributed by atoms with Crippen molar-refractivity contribution in [3.8, 4) is 0 Å². The van der Waals surface area contributed by atoms with Crippen molar-refractivity contribution in [2.75, 3.05) is 6.61 Å². The lowest BCUT2D eigenvalue weighted by molar-refractivity contribution is -0.294. The lowest BCUT2D eigenvalue weighted by Gasteiger charge is -2.49. The van der Waals surface area contributed by atoms with Crippen molar-refractivity contribution in [1.29, 1.82) is 0 Å². The van der Waals surface area contributed by atoms with Crippen molar-refractivity contribution in [3.05, 3.63) is 12.2 Å². The van der Waals surface area contributed by atoms with Gasteiger partial charge >= 0.3 is 0 Å². The minimum atomic E-state index is -1.47. The van der Waals surface area contributed by atoms with Crippen LogP contribution in [0.5, 0.6) is 0 Å². The lowest BCUT2D eigenvalue weighted by atomic mass is 9.50. The van der Waals surface area contributed by atoms with Crippen molar-refractivity contribution < 1.29 is 44.5 Å². The first-order valence-corrected chi connectivity index (χ1v) is 9.81. The Morgan fingerprint density at radius 1 is 1.11 bits per heavy atom. The Bertz CT molecular complexity index is 701. The number of hydrogen-bond acceptors (Lipinski definition) is 9. The monoisotopic (exact) mass is 400 g/mol. The van der Waals surface area contributed by atoms with E-state index in [0.29, 0.717) is 6.42 Å². The Morgan fingerprint density at radius 2 is 1.82 bits per heavy atom. The number of allylic oxidation sites excluding steroid dienone is 1. The molecule has 1 saturated carbocycles. The van der Waals surface area contributed by atoms with Gasteiger partial charge in [-0.2, -0.15) is 0 Å². The smallest absolute Gasteiger partial charge is 0.185 e. The van der Waals surface area contributed by atoms with E-state index in [1.165, 1.54) is 0 Å². The molecule has 5 rings (SSSR count). The maximum Gasteiger partial charge on any atom is 0.185 e. The average Bonchev–Trinajstić information content (AvgIpc) is 3.22. The Kier molecular flexibility index (Phi) is 3.97. The molecule has 9 nitrogen and oxygen atoms in total. The largest absolute Gasteiger partial charge is 0.394 e. The molecule has 0 amide bonds. The molecule has 0 bridgehead atoms. The van der Waals surface area contributed by atoms with E-state index in [1.807, 2.05) is 6.92 Å². The highest BCUT2D eigenvalue weighted by Gasteiger charge is 2.92. The van der Waals surface area contributed by atoms with Gasteiger partial charge in [0.1, 0.15) is 11.7 Å². The van der Waals surface area contributed by atoms with Crippen LogP contribution in [0.25, 0.3) is 0 Å². The van der Waals surface area contributed by atoms with E-state index in [1.54, 1.807) is 6.92 Å². The lowest BCUT2D eigenvalue weighted by Crippen LogP contribution is -2.63. The fraction of sp³-hybridized carbons (Fsp3) is 0.895. The van der Waals surface area contributed by atoms with Gasteiger partial charge in [-0.15, -0.1) is 0 Å². The van der Waals surface area contributed by atoms with Gasteiger partial charge in [0.15, 0.2) is 25.2 Å². The van der Waals surface area contributed by atoms with Gasteiger partial charge in [0.05, 0.1) is 24.2 Å². The quantitative estimate of drug-likeness (QED) is 0.362. The van der Waals surface area contributed by atoms with Gasteiger partial charge in [-0.05, 0) is 25.7 Å². The zero-order chi connectivity index (χ0) is 20.2. The summed E-state index contributed by atoms with van der Waals surface area (Å²) in [6.45, 7) is 7.26. The first-order chi connectivity index (χ1) is 13.2. The summed E-state index contributed by atoms with van der Waals surface area (Å²) in [6.07, 6.45) is -7.21. The predicted octanol–water partition coefficient (Wildman–Crippen LogP) is -1.19. The van der Waals surface area contributed by atoms with Crippen molar-refractivity contribution in [3.63, 3.8) is 0 Å². The Labute approximate surface area is 162 Å². The Morgan fingerprint density at radius 3 is 2.46 bits per heavy atom. The molecule has 5 N–H and O–H groups in total. The summed E-state index contributed by atoms with van der Waals surface area (Å²) in [6, 6.07) is 0. The highest BCUT2D eigenvalue weighted by Crippen LogP contribution is 2.80. The van der Waals surface area contributed by atoms with E-state index < -0.39 is 65.8 Å². The normalized spacial score (nSPS) is 62.3. The maximum atomic E-state index is 11.2. The Balaban J connectivity index is 1.81. The number of aliphatic hydroxyl groups excluding tert-OH is 5. The van der Waals surface area contributed by atoms with Gasteiger partial charge < -0.3 is 44.5 Å². The van der Waals surface area contributed by atoms with Crippen molar-refractivity contribution >= 4 is 0 Å². The van der Waals surface area contributed by atoms with Crippen LogP contribution < -0.4 is 0 Å². The van der Waals surface area contributed by atoms with E-state index in [-0.39, 0.29) is 18.9 Å². The average molecular weight is 400 g/mol. The highest BCUT2D eigenvalue weighted by molar-refractivity contribution is 5.36. The molecular formula is C19H28O9. The minimum Gasteiger partial charge on any atom is -0.394 e. The van der Waals surface area contributed by atoms with E-state index in [9.17, 15) is 25.5 Å². The second-order valence-corrected chi connectivity index (χ2v) is 9.05. The standard InChI is InChI=1S/C19H28O9/c1-7(2)10-4-11-17-5-9(6-20)25-13(22)8(3)19(17,15(24)26-11)28-16-18(10,17)12(21)14(23)27-16/h8-16,20-24H,1,4-6H2,2-3H3/t8-,9?,10+,11?,12+,13?,14+,15?,16?,17?,18?,19?/m1/s1. The molecular weight excluding hydrogens is 372 g/mol. The number of rotatable bonds is 2. The molecule has 5 aliphatic rings. The van der Waals surface area contributed by atoms with Gasteiger partial charge in [-0.1, -0.05) is 19.1 Å². The second kappa shape index (κ2) is 5.75. The molecule has 1 aliphatic carbocycles. The molecule has 2 spiro atoms. The van der Waals surface area contributed by atoms with E-state index in [4.69, 9.17) is 18.9 Å². The zero-order valence-corrected chi connectivity index (χ0v) is 15.9. The van der Waals surface area contributed by atoms with Crippen LogP contribution in [0.3, 0.4) is 0 Å². The third-order valence-electron chi connectivity index (χ3n) is 8.20. The molecule has 8 unspecified atom stereocenters. The number of hydrogen-bond donors (Lipinski definition) is 5. The van der Waals surface area contributed by atoms with E-state index in [2.05, 4.69) is 6.58 Å². The molecule has 0 radical (unpaired) electrons. The van der Waals surface area contributed by atoms with Gasteiger partial charge in [0.25, 0.3) is 0 Å². The molecule has 28 heavy (non-hydrogen) atoms. The highest BCUT2D eigenvalue weighted by atomic mass is 16.8. The van der Waals surface area contributed by atoms with Gasteiger partial charge in [-0.25, -0.2) is 0 Å². The topological polar surface area (TPSA) is 138 Å². The van der Waals surface area contributed by atoms with E-state index in [0.717, 1.165) is 5.57 Å². The van der Waals surface area contributed by atoms with Crippen LogP contribution >= 0.6 is 0 Å². The first-order valence-electron chi connectivity index (χ1n) is 9.81.